The maximum absolute atomic E-state index is 13.2. The third-order valence-corrected chi connectivity index (χ3v) is 11.5. The summed E-state index contributed by atoms with van der Waals surface area (Å²) in [4.78, 5) is 72.0. The van der Waals surface area contributed by atoms with Crippen LogP contribution in [0.25, 0.3) is 33.4 Å². The summed E-state index contributed by atoms with van der Waals surface area (Å²) in [7, 11) is 1.79. The fraction of sp³-hybridized carbons (Fsp3) is 0.333. The minimum Gasteiger partial charge on any atom is -0.448 e. The Balaban J connectivity index is 0.918. The number of piperidine rings is 1. The van der Waals surface area contributed by atoms with E-state index in [4.69, 9.17) is 24.1 Å². The number of hydrogen-bond donors (Lipinski definition) is 2. The molecule has 0 aliphatic carbocycles. The lowest BCUT2D eigenvalue weighted by Gasteiger charge is -2.32. The number of benzene rings is 1. The molecular formula is C45H42N8O6. The highest BCUT2D eigenvalue weighted by Crippen LogP contribution is 2.39. The molecule has 5 aromatic heterocycles. The number of fused-ring (bicyclic) bond motifs is 3. The molecule has 14 heteroatoms. The molecule has 14 nitrogen and oxygen atoms in total. The molecule has 2 N–H and O–H groups in total. The van der Waals surface area contributed by atoms with Crippen LogP contribution in [0.1, 0.15) is 88.3 Å². The summed E-state index contributed by atoms with van der Waals surface area (Å²) in [6.45, 7) is 5.86. The second-order valence-electron chi connectivity index (χ2n) is 15.4. The van der Waals surface area contributed by atoms with Gasteiger partial charge in [0.15, 0.2) is 11.6 Å². The van der Waals surface area contributed by atoms with Crippen molar-refractivity contribution in [2.45, 2.75) is 64.2 Å². The Kier molecular flexibility index (Phi) is 9.98. The van der Waals surface area contributed by atoms with Crippen molar-refractivity contribution in [3.05, 3.63) is 105 Å². The van der Waals surface area contributed by atoms with Gasteiger partial charge in [-0.2, -0.15) is 0 Å². The zero-order valence-electron chi connectivity index (χ0n) is 33.1. The summed E-state index contributed by atoms with van der Waals surface area (Å²) in [5, 5.41) is 6.91. The number of aromatic nitrogens is 5. The van der Waals surface area contributed by atoms with Crippen molar-refractivity contribution in [3.8, 4) is 23.2 Å². The number of aryl methyl sites for hydroxylation is 4. The molecule has 0 bridgehead atoms. The molecule has 3 aliphatic heterocycles. The van der Waals surface area contributed by atoms with Gasteiger partial charge in [-0.25, -0.2) is 15.0 Å². The fourth-order valence-electron chi connectivity index (χ4n) is 8.45. The first kappa shape index (κ1) is 37.8. The molecule has 298 valence electrons. The van der Waals surface area contributed by atoms with Crippen molar-refractivity contribution in [2.75, 3.05) is 31.2 Å². The van der Waals surface area contributed by atoms with Crippen molar-refractivity contribution in [1.29, 1.82) is 0 Å². The molecule has 3 amide bonds. The van der Waals surface area contributed by atoms with E-state index in [0.717, 1.165) is 71.3 Å². The van der Waals surface area contributed by atoms with Gasteiger partial charge in [0.05, 0.1) is 35.7 Å². The van der Waals surface area contributed by atoms with E-state index in [1.807, 2.05) is 44.3 Å². The normalized spacial score (nSPS) is 17.1. The molecular weight excluding hydrogens is 749 g/mol. The van der Waals surface area contributed by atoms with Crippen molar-refractivity contribution in [1.82, 2.24) is 35.1 Å². The number of pyridine rings is 3. The molecule has 2 saturated heterocycles. The highest BCUT2D eigenvalue weighted by Gasteiger charge is 2.30. The third-order valence-electron chi connectivity index (χ3n) is 11.5. The van der Waals surface area contributed by atoms with Gasteiger partial charge in [0.1, 0.15) is 16.9 Å². The van der Waals surface area contributed by atoms with Crippen LogP contribution in [0.2, 0.25) is 0 Å². The zero-order valence-corrected chi connectivity index (χ0v) is 33.1. The number of ether oxygens (including phenoxy) is 1. The van der Waals surface area contributed by atoms with Gasteiger partial charge in [0, 0.05) is 79.0 Å². The number of nitrogens with one attached hydrogen (secondary N) is 2. The number of anilines is 2. The van der Waals surface area contributed by atoms with Crippen LogP contribution in [0, 0.1) is 25.7 Å². The van der Waals surface area contributed by atoms with Gasteiger partial charge in [0.25, 0.3) is 11.5 Å². The molecule has 6 aromatic rings. The molecule has 0 saturated carbocycles. The summed E-state index contributed by atoms with van der Waals surface area (Å²) < 4.78 is 13.2. The van der Waals surface area contributed by atoms with Crippen molar-refractivity contribution < 1.29 is 23.5 Å². The number of imide groups is 1. The van der Waals surface area contributed by atoms with Gasteiger partial charge in [-0.15, -0.1) is 0 Å². The van der Waals surface area contributed by atoms with Crippen molar-refractivity contribution in [2.24, 2.45) is 7.05 Å². The van der Waals surface area contributed by atoms with E-state index in [2.05, 4.69) is 38.4 Å². The van der Waals surface area contributed by atoms with Crippen LogP contribution < -0.4 is 21.1 Å². The molecule has 1 aromatic carbocycles. The summed E-state index contributed by atoms with van der Waals surface area (Å²) >= 11 is 0. The smallest absolute Gasteiger partial charge is 0.270 e. The zero-order chi connectivity index (χ0) is 40.8. The minimum atomic E-state index is -0.445. The van der Waals surface area contributed by atoms with Crippen molar-refractivity contribution >= 4 is 51.1 Å². The van der Waals surface area contributed by atoms with E-state index in [9.17, 15) is 19.2 Å². The topological polar surface area (TPSA) is 174 Å². The van der Waals surface area contributed by atoms with E-state index in [0.29, 0.717) is 59.1 Å². The van der Waals surface area contributed by atoms with Gasteiger partial charge in [0.2, 0.25) is 11.8 Å². The maximum Gasteiger partial charge on any atom is 0.270 e. The highest BCUT2D eigenvalue weighted by atomic mass is 16.5. The molecule has 9 rings (SSSR count). The third kappa shape index (κ3) is 7.23. The Hall–Kier alpha value is -6.72. The predicted octanol–water partition coefficient (Wildman–Crippen LogP) is 5.43. The average molecular weight is 791 g/mol. The summed E-state index contributed by atoms with van der Waals surface area (Å²) in [5.41, 5.74) is 8.05. The molecule has 8 heterocycles. The summed E-state index contributed by atoms with van der Waals surface area (Å²) in [6, 6.07) is 13.2. The highest BCUT2D eigenvalue weighted by molar-refractivity contribution is 6.03. The van der Waals surface area contributed by atoms with E-state index >= 15 is 0 Å². The first-order valence-corrected chi connectivity index (χ1v) is 20.0. The Labute approximate surface area is 339 Å². The van der Waals surface area contributed by atoms with Gasteiger partial charge in [-0.1, -0.05) is 18.1 Å². The first-order valence-electron chi connectivity index (χ1n) is 20.0. The Bertz CT molecular complexity index is 2830. The van der Waals surface area contributed by atoms with Crippen LogP contribution in [-0.2, 0) is 27.8 Å². The summed E-state index contributed by atoms with van der Waals surface area (Å²) in [5.74, 6) is 5.67. The Morgan fingerprint density at radius 2 is 1.80 bits per heavy atom. The Morgan fingerprint density at radius 1 is 0.949 bits per heavy atom. The van der Waals surface area contributed by atoms with Crippen LogP contribution in [0.15, 0.2) is 64.1 Å². The number of amides is 3. The number of carbonyl (C=O) groups excluding carboxylic acids is 3. The van der Waals surface area contributed by atoms with Gasteiger partial charge < -0.3 is 19.4 Å². The second kappa shape index (κ2) is 15.6. The molecule has 2 fully saturated rings. The quantitative estimate of drug-likeness (QED) is 0.163. The summed E-state index contributed by atoms with van der Waals surface area (Å²) in [6.07, 6.45) is 7.60. The fourth-order valence-corrected chi connectivity index (χ4v) is 8.45. The minimum absolute atomic E-state index is 0.0579. The van der Waals surface area contributed by atoms with E-state index < -0.39 is 5.92 Å². The first-order chi connectivity index (χ1) is 28.6. The number of carbonyl (C=O) groups is 3. The molecule has 3 aliphatic rings. The van der Waals surface area contributed by atoms with Crippen LogP contribution in [0.4, 0.5) is 11.4 Å². The van der Waals surface area contributed by atoms with E-state index in [1.54, 1.807) is 29.9 Å². The lowest BCUT2D eigenvalue weighted by molar-refractivity contribution is -0.134. The van der Waals surface area contributed by atoms with E-state index in [-0.39, 0.29) is 47.9 Å². The van der Waals surface area contributed by atoms with Crippen LogP contribution in [-0.4, -0.2) is 68.5 Å². The molecule has 0 spiro atoms. The standard InChI is InChI=1S/C45H42N8O6/c1-25-19-28(23-47-40(25)44(56)46-15-5-7-29-21-32-30(8-4-10-38(32)59-29)31-11-12-39(54)51-43(31)55)41-48-24-37-34(49-41)9-6-16-53(37)36-22-35(27-13-17-58-18-14-27)50-42-33(36)20-26(2)45(57)52(42)3/h4,8,10,19-24,27,31H,6,9,11-18H2,1-3H3,(H,46,56)(H,51,54,55). The Morgan fingerprint density at radius 3 is 2.61 bits per heavy atom. The molecule has 1 unspecified atom stereocenters. The lowest BCUT2D eigenvalue weighted by atomic mass is 9.88. The number of hydrogen-bond acceptors (Lipinski definition) is 11. The van der Waals surface area contributed by atoms with Crippen molar-refractivity contribution in [3.63, 3.8) is 0 Å². The molecule has 1 atom stereocenters. The van der Waals surface area contributed by atoms with Gasteiger partial charge in [-0.05, 0) is 87.3 Å². The number of rotatable bonds is 6. The molecule has 59 heavy (non-hydrogen) atoms. The SMILES string of the molecule is Cc1cc(-c2ncc3c(n2)CCCN3c2cc(C3CCOCC3)nc3c2cc(C)c(=O)n3C)cnc1C(=O)NCC#Cc1cc2c(C3CCC(=O)NC3=O)cccc2o1. The van der Waals surface area contributed by atoms with Crippen LogP contribution in [0.3, 0.4) is 0 Å². The molecule has 0 radical (unpaired) electrons. The van der Waals surface area contributed by atoms with Gasteiger partial charge >= 0.3 is 0 Å². The monoisotopic (exact) mass is 790 g/mol. The predicted molar refractivity (Wildman–Crippen MR) is 220 cm³/mol. The van der Waals surface area contributed by atoms with Crippen LogP contribution >= 0.6 is 0 Å². The number of furan rings is 1. The van der Waals surface area contributed by atoms with E-state index in [1.165, 1.54) is 0 Å². The van der Waals surface area contributed by atoms with Crippen LogP contribution in [0.5, 0.6) is 0 Å². The lowest BCUT2D eigenvalue weighted by Crippen LogP contribution is -2.39. The largest absolute Gasteiger partial charge is 0.448 e. The second-order valence-corrected chi connectivity index (χ2v) is 15.4. The number of nitrogens with zero attached hydrogens (tertiary/aromatic N) is 6. The maximum atomic E-state index is 13.2. The average Bonchev–Trinajstić information content (AvgIpc) is 3.67. The van der Waals surface area contributed by atoms with Gasteiger partial charge in [-0.3, -0.25) is 34.0 Å².